The second-order valence-electron chi connectivity index (χ2n) is 7.80. The van der Waals surface area contributed by atoms with E-state index in [1.165, 1.54) is 5.39 Å². The predicted octanol–water partition coefficient (Wildman–Crippen LogP) is 6.98. The molecule has 0 N–H and O–H groups in total. The summed E-state index contributed by atoms with van der Waals surface area (Å²) in [5.41, 5.74) is 5.62. The summed E-state index contributed by atoms with van der Waals surface area (Å²) in [6, 6.07) is 29.0. The molecular weight excluding hydrogens is 410 g/mol. The second-order valence-corrected chi connectivity index (χ2v) is 7.80. The van der Waals surface area contributed by atoms with Crippen LogP contribution in [0, 0.1) is 0 Å². The second kappa shape index (κ2) is 8.75. The number of fused-ring (bicyclic) bond motifs is 3. The number of hydrogen-bond donors (Lipinski definition) is 0. The zero-order valence-electron chi connectivity index (χ0n) is 18.9. The zero-order valence-corrected chi connectivity index (χ0v) is 18.9. The molecule has 0 atom stereocenters. The molecule has 0 bridgehead atoms. The van der Waals surface area contributed by atoms with E-state index >= 15 is 0 Å². The van der Waals surface area contributed by atoms with Crippen molar-refractivity contribution in [2.45, 2.75) is 0 Å². The highest BCUT2D eigenvalue weighted by Gasteiger charge is 2.13. The summed E-state index contributed by atoms with van der Waals surface area (Å²) in [5, 5.41) is 2.33. The first kappa shape index (κ1) is 20.7. The van der Waals surface area contributed by atoms with Crippen molar-refractivity contribution >= 4 is 34.0 Å². The molecule has 0 aliphatic rings. The summed E-state index contributed by atoms with van der Waals surface area (Å²) in [7, 11) is 5.06. The van der Waals surface area contributed by atoms with Crippen molar-refractivity contribution in [1.82, 2.24) is 4.57 Å². The van der Waals surface area contributed by atoms with E-state index in [4.69, 9.17) is 14.2 Å². The monoisotopic (exact) mass is 435 g/mol. The number of benzene rings is 4. The molecule has 0 saturated carbocycles. The summed E-state index contributed by atoms with van der Waals surface area (Å²) < 4.78 is 18.4. The van der Waals surface area contributed by atoms with Crippen molar-refractivity contribution in [2.24, 2.45) is 0 Å². The van der Waals surface area contributed by atoms with E-state index in [0.717, 1.165) is 50.5 Å². The van der Waals surface area contributed by atoms with Crippen LogP contribution in [0.25, 0.3) is 39.6 Å². The van der Waals surface area contributed by atoms with Crippen molar-refractivity contribution in [1.29, 1.82) is 0 Å². The molecule has 164 valence electrons. The van der Waals surface area contributed by atoms with E-state index in [1.807, 2.05) is 42.5 Å². The lowest BCUT2D eigenvalue weighted by Crippen LogP contribution is -1.94. The van der Waals surface area contributed by atoms with Crippen LogP contribution in [0.1, 0.15) is 11.1 Å². The molecule has 4 heteroatoms. The maximum absolute atomic E-state index is 5.52. The normalized spacial score (nSPS) is 11.4. The van der Waals surface area contributed by atoms with Crippen molar-refractivity contribution in [2.75, 3.05) is 21.3 Å². The minimum Gasteiger partial charge on any atom is -0.497 e. The minimum absolute atomic E-state index is 0.840. The van der Waals surface area contributed by atoms with Gasteiger partial charge in [-0.2, -0.15) is 0 Å². The van der Waals surface area contributed by atoms with Gasteiger partial charge in [-0.1, -0.05) is 30.4 Å². The summed E-state index contributed by atoms with van der Waals surface area (Å²) in [6.45, 7) is 0. The third-order valence-corrected chi connectivity index (χ3v) is 5.91. The molecule has 33 heavy (non-hydrogen) atoms. The molecule has 5 rings (SSSR count). The average Bonchev–Trinajstić information content (AvgIpc) is 3.20. The van der Waals surface area contributed by atoms with E-state index in [9.17, 15) is 0 Å². The largest absolute Gasteiger partial charge is 0.497 e. The van der Waals surface area contributed by atoms with Crippen LogP contribution in [0.2, 0.25) is 0 Å². The van der Waals surface area contributed by atoms with Crippen LogP contribution in [-0.4, -0.2) is 25.9 Å². The van der Waals surface area contributed by atoms with Gasteiger partial charge in [0, 0.05) is 16.5 Å². The van der Waals surface area contributed by atoms with E-state index < -0.39 is 0 Å². The van der Waals surface area contributed by atoms with E-state index in [0.29, 0.717) is 0 Å². The van der Waals surface area contributed by atoms with Gasteiger partial charge in [-0.05, 0) is 77.9 Å². The first-order valence-electron chi connectivity index (χ1n) is 10.8. The first-order chi connectivity index (χ1) is 16.2. The topological polar surface area (TPSA) is 32.6 Å². The van der Waals surface area contributed by atoms with Gasteiger partial charge in [0.2, 0.25) is 0 Å². The molecule has 5 aromatic rings. The molecule has 0 aliphatic carbocycles. The third kappa shape index (κ3) is 3.92. The van der Waals surface area contributed by atoms with Gasteiger partial charge in [0.25, 0.3) is 0 Å². The maximum atomic E-state index is 5.52. The smallest absolute Gasteiger partial charge is 0.119 e. The van der Waals surface area contributed by atoms with E-state index in [-0.39, 0.29) is 0 Å². The van der Waals surface area contributed by atoms with Crippen molar-refractivity contribution in [3.63, 3.8) is 0 Å². The van der Waals surface area contributed by atoms with Gasteiger partial charge in [-0.3, -0.25) is 0 Å². The van der Waals surface area contributed by atoms with Crippen LogP contribution in [-0.2, 0) is 0 Å². The molecule has 1 aromatic heterocycles. The molecular formula is C29H25NO3. The Hall–Kier alpha value is -4.18. The van der Waals surface area contributed by atoms with Gasteiger partial charge < -0.3 is 18.8 Å². The van der Waals surface area contributed by atoms with Crippen LogP contribution < -0.4 is 14.2 Å². The Bertz CT molecular complexity index is 1450. The Labute approximate surface area is 193 Å². The molecule has 0 spiro atoms. The number of methoxy groups -OCH3 is 3. The van der Waals surface area contributed by atoms with Crippen LogP contribution in [0.3, 0.4) is 0 Å². The van der Waals surface area contributed by atoms with Crippen LogP contribution in [0.15, 0.2) is 84.9 Å². The van der Waals surface area contributed by atoms with Crippen molar-refractivity contribution in [3.8, 4) is 22.9 Å². The molecule has 0 aliphatic heterocycles. The molecule has 0 unspecified atom stereocenters. The summed E-state index contributed by atoms with van der Waals surface area (Å²) in [4.78, 5) is 0. The molecule has 4 aromatic carbocycles. The van der Waals surface area contributed by atoms with Crippen LogP contribution >= 0.6 is 0 Å². The van der Waals surface area contributed by atoms with Gasteiger partial charge in [0.1, 0.15) is 17.2 Å². The number of aromatic nitrogens is 1. The lowest BCUT2D eigenvalue weighted by atomic mass is 10.1. The maximum Gasteiger partial charge on any atom is 0.119 e. The van der Waals surface area contributed by atoms with Crippen molar-refractivity contribution < 1.29 is 14.2 Å². The van der Waals surface area contributed by atoms with Crippen LogP contribution in [0.4, 0.5) is 0 Å². The highest BCUT2D eigenvalue weighted by molar-refractivity contribution is 6.10. The van der Waals surface area contributed by atoms with Gasteiger partial charge in [-0.25, -0.2) is 0 Å². The average molecular weight is 436 g/mol. The highest BCUT2D eigenvalue weighted by Crippen LogP contribution is 2.35. The molecule has 1 heterocycles. The Kier molecular flexibility index (Phi) is 5.49. The fraction of sp³-hybridized carbons (Fsp3) is 0.103. The molecule has 0 fully saturated rings. The summed E-state index contributed by atoms with van der Waals surface area (Å²) in [5.74, 6) is 2.54. The van der Waals surface area contributed by atoms with Gasteiger partial charge in [0.05, 0.1) is 32.4 Å². The Morgan fingerprint density at radius 1 is 0.515 bits per heavy atom. The molecule has 4 nitrogen and oxygen atoms in total. The van der Waals surface area contributed by atoms with Crippen molar-refractivity contribution in [3.05, 3.63) is 96.1 Å². The highest BCUT2D eigenvalue weighted by atomic mass is 16.5. The Morgan fingerprint density at radius 2 is 1.00 bits per heavy atom. The third-order valence-electron chi connectivity index (χ3n) is 5.91. The van der Waals surface area contributed by atoms with Gasteiger partial charge in [0.15, 0.2) is 0 Å². The number of ether oxygens (including phenoxy) is 3. The SMILES string of the molecule is COc1ccc(C=Cc2ccc3c(c2)c2cc(OC)ccc2n3-c2ccc(OC)cc2)cc1. The standard InChI is InChI=1S/C29H25NO3/c1-31-23-11-6-20(7-12-23)4-5-21-8-16-28-26(18-21)27-19-25(33-3)15-17-29(27)30(28)22-9-13-24(32-2)14-10-22/h4-19H,1-3H3. The zero-order chi connectivity index (χ0) is 22.8. The number of nitrogens with zero attached hydrogens (tertiary/aromatic N) is 1. The molecule has 0 amide bonds. The first-order valence-corrected chi connectivity index (χ1v) is 10.8. The fourth-order valence-electron chi connectivity index (χ4n) is 4.17. The quantitative estimate of drug-likeness (QED) is 0.270. The predicted molar refractivity (Wildman–Crippen MR) is 136 cm³/mol. The Morgan fingerprint density at radius 3 is 1.64 bits per heavy atom. The summed E-state index contributed by atoms with van der Waals surface area (Å²) >= 11 is 0. The summed E-state index contributed by atoms with van der Waals surface area (Å²) in [6.07, 6.45) is 4.25. The van der Waals surface area contributed by atoms with Gasteiger partial charge >= 0.3 is 0 Å². The Balaban J connectivity index is 1.63. The number of rotatable bonds is 6. The molecule has 0 radical (unpaired) electrons. The lowest BCUT2D eigenvalue weighted by molar-refractivity contribution is 0.414. The lowest BCUT2D eigenvalue weighted by Gasteiger charge is -2.09. The van der Waals surface area contributed by atoms with Gasteiger partial charge in [-0.15, -0.1) is 0 Å². The fourth-order valence-corrected chi connectivity index (χ4v) is 4.17. The van der Waals surface area contributed by atoms with E-state index in [1.54, 1.807) is 21.3 Å². The molecule has 0 saturated heterocycles. The number of hydrogen-bond acceptors (Lipinski definition) is 3. The van der Waals surface area contributed by atoms with E-state index in [2.05, 4.69) is 59.2 Å². The minimum atomic E-state index is 0.840. The van der Waals surface area contributed by atoms with Crippen LogP contribution in [0.5, 0.6) is 17.2 Å².